The number of carbonyl (C=O) groups excluding carboxylic acids is 2. The first-order chi connectivity index (χ1) is 11.6. The van der Waals surface area contributed by atoms with Gasteiger partial charge in [0.25, 0.3) is 0 Å². The second-order valence-electron chi connectivity index (χ2n) is 6.47. The number of amides is 1. The number of hydrogen-bond donors (Lipinski definition) is 4. The number of aldehydes is 1. The zero-order valence-corrected chi connectivity index (χ0v) is 14.8. The molecule has 0 aliphatic carbocycles. The monoisotopic (exact) mass is 355 g/mol. The summed E-state index contributed by atoms with van der Waals surface area (Å²) in [5.74, 6) is -0.327. The van der Waals surface area contributed by atoms with Crippen molar-refractivity contribution in [2.75, 3.05) is 13.7 Å². The number of aliphatic hydroxyl groups excluding tert-OH is 2. The maximum absolute atomic E-state index is 11.5. The van der Waals surface area contributed by atoms with Crippen LogP contribution < -0.4 is 10.1 Å². The zero-order valence-electron chi connectivity index (χ0n) is 14.8. The zero-order chi connectivity index (χ0) is 19.2. The summed E-state index contributed by atoms with van der Waals surface area (Å²) in [6.07, 6.45) is -2.92. The van der Waals surface area contributed by atoms with Crippen LogP contribution in [0.25, 0.3) is 0 Å². The van der Waals surface area contributed by atoms with Gasteiger partial charge >= 0.3 is 6.09 Å². The number of nitrogens with one attached hydrogen (secondary N) is 1. The summed E-state index contributed by atoms with van der Waals surface area (Å²) in [6, 6.07) is 2.77. The SMILES string of the molecule is COc1ccc(C(O)C(O)CCNC(=O)OC(C)(C)C)c(C=O)c1O. The number of rotatable bonds is 7. The smallest absolute Gasteiger partial charge is 0.407 e. The molecule has 0 radical (unpaired) electrons. The topological polar surface area (TPSA) is 125 Å². The fraction of sp³-hybridized carbons (Fsp3) is 0.529. The van der Waals surface area contributed by atoms with Crippen molar-refractivity contribution in [1.29, 1.82) is 0 Å². The lowest BCUT2D eigenvalue weighted by atomic mass is 9.96. The van der Waals surface area contributed by atoms with Crippen molar-refractivity contribution < 1.29 is 34.4 Å². The van der Waals surface area contributed by atoms with Crippen LogP contribution in [-0.4, -0.2) is 53.1 Å². The highest BCUT2D eigenvalue weighted by Gasteiger charge is 2.24. The molecule has 0 saturated heterocycles. The van der Waals surface area contributed by atoms with Crippen LogP contribution in [0.15, 0.2) is 12.1 Å². The van der Waals surface area contributed by atoms with Crippen LogP contribution in [0.4, 0.5) is 4.79 Å². The third-order valence-electron chi connectivity index (χ3n) is 3.34. The molecule has 4 N–H and O–H groups in total. The van der Waals surface area contributed by atoms with Gasteiger partial charge in [-0.05, 0) is 38.8 Å². The molecule has 0 heterocycles. The number of benzene rings is 1. The second-order valence-corrected chi connectivity index (χ2v) is 6.47. The number of carbonyl (C=O) groups is 2. The summed E-state index contributed by atoms with van der Waals surface area (Å²) < 4.78 is 9.95. The van der Waals surface area contributed by atoms with Crippen molar-refractivity contribution in [3.8, 4) is 11.5 Å². The third-order valence-corrected chi connectivity index (χ3v) is 3.34. The molecule has 2 atom stereocenters. The molecule has 25 heavy (non-hydrogen) atoms. The van der Waals surface area contributed by atoms with Crippen LogP contribution in [0.3, 0.4) is 0 Å². The van der Waals surface area contributed by atoms with Gasteiger partial charge in [0, 0.05) is 6.54 Å². The van der Waals surface area contributed by atoms with E-state index in [0.717, 1.165) is 0 Å². The van der Waals surface area contributed by atoms with Crippen molar-refractivity contribution in [2.24, 2.45) is 0 Å². The number of ether oxygens (including phenoxy) is 2. The Kier molecular flexibility index (Phi) is 7.20. The van der Waals surface area contributed by atoms with Crippen LogP contribution in [0.5, 0.6) is 11.5 Å². The molecular formula is C17H25NO7. The van der Waals surface area contributed by atoms with E-state index in [2.05, 4.69) is 5.32 Å². The number of phenolic OH excluding ortho intramolecular Hbond substituents is 1. The van der Waals surface area contributed by atoms with Crippen molar-refractivity contribution in [2.45, 2.75) is 45.0 Å². The van der Waals surface area contributed by atoms with Crippen LogP contribution in [-0.2, 0) is 4.74 Å². The van der Waals surface area contributed by atoms with E-state index in [1.54, 1.807) is 20.8 Å². The molecule has 1 aromatic carbocycles. The van der Waals surface area contributed by atoms with Gasteiger partial charge in [-0.15, -0.1) is 0 Å². The molecule has 0 saturated carbocycles. The number of phenols is 1. The molecule has 1 rings (SSSR count). The minimum atomic E-state index is -1.42. The molecule has 8 nitrogen and oxygen atoms in total. The van der Waals surface area contributed by atoms with Gasteiger partial charge in [0.2, 0.25) is 0 Å². The van der Waals surface area contributed by atoms with Crippen LogP contribution in [0.2, 0.25) is 0 Å². The van der Waals surface area contributed by atoms with E-state index < -0.39 is 29.7 Å². The molecule has 140 valence electrons. The van der Waals surface area contributed by atoms with Crippen molar-refractivity contribution in [1.82, 2.24) is 5.32 Å². The third kappa shape index (κ3) is 5.91. The standard InChI is InChI=1S/C17H25NO7/c1-17(2,3)25-16(23)18-8-7-12(20)14(21)10-5-6-13(24-4)15(22)11(10)9-19/h5-6,9,12,14,20-22H,7-8H2,1-4H3,(H,18,23). The molecular weight excluding hydrogens is 330 g/mol. The first-order valence-electron chi connectivity index (χ1n) is 7.78. The quantitative estimate of drug-likeness (QED) is 0.546. The van der Waals surface area contributed by atoms with E-state index in [1.807, 2.05) is 0 Å². The molecule has 2 unspecified atom stereocenters. The molecule has 0 fully saturated rings. The van der Waals surface area contributed by atoms with Crippen molar-refractivity contribution in [3.63, 3.8) is 0 Å². The molecule has 0 aliphatic rings. The highest BCUT2D eigenvalue weighted by molar-refractivity contribution is 5.83. The summed E-state index contributed by atoms with van der Waals surface area (Å²) in [5.41, 5.74) is -0.731. The van der Waals surface area contributed by atoms with Crippen molar-refractivity contribution in [3.05, 3.63) is 23.3 Å². The molecule has 1 amide bonds. The summed E-state index contributed by atoms with van der Waals surface area (Å²) >= 11 is 0. The van der Waals surface area contributed by atoms with E-state index in [1.165, 1.54) is 19.2 Å². The first kappa shape index (κ1) is 20.7. The fourth-order valence-electron chi connectivity index (χ4n) is 2.15. The molecule has 0 bridgehead atoms. The normalized spacial score (nSPS) is 13.7. The van der Waals surface area contributed by atoms with Gasteiger partial charge in [-0.25, -0.2) is 4.79 Å². The maximum atomic E-state index is 11.5. The highest BCUT2D eigenvalue weighted by atomic mass is 16.6. The summed E-state index contributed by atoms with van der Waals surface area (Å²) in [4.78, 5) is 22.7. The summed E-state index contributed by atoms with van der Waals surface area (Å²) in [6.45, 7) is 5.23. The van der Waals surface area contributed by atoms with E-state index in [-0.39, 0.29) is 29.8 Å². The van der Waals surface area contributed by atoms with Gasteiger partial charge in [0.15, 0.2) is 17.8 Å². The Hall–Kier alpha value is -2.32. The van der Waals surface area contributed by atoms with Gasteiger partial charge < -0.3 is 30.1 Å². The van der Waals surface area contributed by atoms with Crippen LogP contribution in [0.1, 0.15) is 49.2 Å². The van der Waals surface area contributed by atoms with Gasteiger partial charge in [-0.3, -0.25) is 4.79 Å². The van der Waals surface area contributed by atoms with Crippen LogP contribution in [0, 0.1) is 0 Å². The Morgan fingerprint density at radius 1 is 1.32 bits per heavy atom. The Balaban J connectivity index is 2.71. The molecule has 8 heteroatoms. The lowest BCUT2D eigenvalue weighted by molar-refractivity contribution is 0.0119. The van der Waals surface area contributed by atoms with E-state index in [9.17, 15) is 24.9 Å². The highest BCUT2D eigenvalue weighted by Crippen LogP contribution is 2.34. The Morgan fingerprint density at radius 2 is 1.96 bits per heavy atom. The Bertz CT molecular complexity index is 610. The van der Waals surface area contributed by atoms with Gasteiger partial charge in [-0.2, -0.15) is 0 Å². The average Bonchev–Trinajstić information content (AvgIpc) is 2.51. The number of hydrogen-bond acceptors (Lipinski definition) is 7. The minimum absolute atomic E-state index is 0.0193. The Morgan fingerprint density at radius 3 is 2.48 bits per heavy atom. The summed E-state index contributed by atoms with van der Waals surface area (Å²) in [5, 5.41) is 32.7. The Labute approximate surface area is 146 Å². The molecule has 0 aliphatic heterocycles. The van der Waals surface area contributed by atoms with Gasteiger partial charge in [0.05, 0.1) is 18.8 Å². The van der Waals surface area contributed by atoms with Gasteiger partial charge in [-0.1, -0.05) is 6.07 Å². The lowest BCUT2D eigenvalue weighted by Gasteiger charge is -2.22. The fourth-order valence-corrected chi connectivity index (χ4v) is 2.15. The van der Waals surface area contributed by atoms with Crippen LogP contribution >= 0.6 is 0 Å². The summed E-state index contributed by atoms with van der Waals surface area (Å²) in [7, 11) is 1.33. The van der Waals surface area contributed by atoms with Crippen molar-refractivity contribution >= 4 is 12.4 Å². The number of aliphatic hydroxyl groups is 2. The number of methoxy groups -OCH3 is 1. The number of alkyl carbamates (subject to hydrolysis) is 1. The predicted octanol–water partition coefficient (Wildman–Crippen LogP) is 1.52. The van der Waals surface area contributed by atoms with E-state index >= 15 is 0 Å². The largest absolute Gasteiger partial charge is 0.504 e. The van der Waals surface area contributed by atoms with E-state index in [4.69, 9.17) is 9.47 Å². The molecule has 1 aromatic rings. The average molecular weight is 355 g/mol. The second kappa shape index (κ2) is 8.68. The minimum Gasteiger partial charge on any atom is -0.504 e. The van der Waals surface area contributed by atoms with E-state index in [0.29, 0.717) is 6.29 Å². The number of aromatic hydroxyl groups is 1. The first-order valence-corrected chi connectivity index (χ1v) is 7.78. The van der Waals surface area contributed by atoms with Gasteiger partial charge in [0.1, 0.15) is 11.7 Å². The lowest BCUT2D eigenvalue weighted by Crippen LogP contribution is -2.34. The molecule has 0 spiro atoms. The molecule has 0 aromatic heterocycles. The maximum Gasteiger partial charge on any atom is 0.407 e. The predicted molar refractivity (Wildman–Crippen MR) is 89.9 cm³/mol.